The number of amides is 2. The van der Waals surface area contributed by atoms with Gasteiger partial charge in [-0.3, -0.25) is 9.59 Å². The van der Waals surface area contributed by atoms with E-state index in [2.05, 4.69) is 15.5 Å². The van der Waals surface area contributed by atoms with Crippen molar-refractivity contribution in [1.29, 1.82) is 0 Å². The van der Waals surface area contributed by atoms with Crippen molar-refractivity contribution < 1.29 is 14.3 Å². The summed E-state index contributed by atoms with van der Waals surface area (Å²) in [4.78, 5) is 25.8. The van der Waals surface area contributed by atoms with Gasteiger partial charge >= 0.3 is 0 Å². The molecule has 2 rings (SSSR count). The monoisotopic (exact) mass is 306 g/mol. The third-order valence-corrected chi connectivity index (χ3v) is 4.18. The molecule has 1 N–H and O–H groups in total. The molecule has 1 atom stereocenters. The van der Waals surface area contributed by atoms with Crippen LogP contribution < -0.4 is 5.32 Å². The van der Waals surface area contributed by atoms with Gasteiger partial charge in [0, 0.05) is 33.7 Å². The Balaban J connectivity index is 2.06. The molecule has 1 aliphatic heterocycles. The van der Waals surface area contributed by atoms with E-state index in [4.69, 9.17) is 4.74 Å². The minimum Gasteiger partial charge on any atom is -0.376 e. The van der Waals surface area contributed by atoms with Crippen LogP contribution in [0, 0.1) is 0 Å². The van der Waals surface area contributed by atoms with Crippen LogP contribution in [-0.4, -0.2) is 59.8 Å². The van der Waals surface area contributed by atoms with Gasteiger partial charge in [0.1, 0.15) is 0 Å². The number of likely N-dealkylation sites (tertiary alicyclic amines) is 1. The Morgan fingerprint density at radius 1 is 1.45 bits per heavy atom. The lowest BCUT2D eigenvalue weighted by Crippen LogP contribution is -2.51. The van der Waals surface area contributed by atoms with E-state index < -0.39 is 5.60 Å². The normalized spacial score (nSPS) is 21.5. The summed E-state index contributed by atoms with van der Waals surface area (Å²) in [6, 6.07) is 1.66. The maximum absolute atomic E-state index is 12.5. The number of nitrogens with one attached hydrogen (secondary N) is 1. The van der Waals surface area contributed by atoms with Crippen LogP contribution in [0.4, 0.5) is 0 Å². The lowest BCUT2D eigenvalue weighted by Gasteiger charge is -2.42. The minimum atomic E-state index is -0.457. The van der Waals surface area contributed by atoms with Gasteiger partial charge < -0.3 is 15.0 Å². The molecule has 0 bridgehead atoms. The van der Waals surface area contributed by atoms with Gasteiger partial charge in [-0.1, -0.05) is 0 Å². The summed E-state index contributed by atoms with van der Waals surface area (Å²) in [6.07, 6.45) is 5.66. The topological polar surface area (TPSA) is 84.4 Å². The van der Waals surface area contributed by atoms with Crippen molar-refractivity contribution in [2.24, 2.45) is 0 Å². The fourth-order valence-electron chi connectivity index (χ4n) is 2.81. The van der Waals surface area contributed by atoms with Crippen molar-refractivity contribution in [3.8, 4) is 0 Å². The third-order valence-electron chi connectivity index (χ3n) is 4.18. The zero-order valence-electron chi connectivity index (χ0n) is 13.0. The highest BCUT2D eigenvalue weighted by atomic mass is 16.5. The number of aromatic nitrogens is 2. The van der Waals surface area contributed by atoms with Crippen LogP contribution in [0.25, 0.3) is 0 Å². The van der Waals surface area contributed by atoms with Crippen LogP contribution in [0.3, 0.4) is 0 Å². The van der Waals surface area contributed by atoms with E-state index in [-0.39, 0.29) is 11.8 Å². The summed E-state index contributed by atoms with van der Waals surface area (Å²) in [7, 11) is 3.26. The Hall–Kier alpha value is -2.02. The first-order chi connectivity index (χ1) is 10.6. The highest BCUT2D eigenvalue weighted by molar-refractivity contribution is 5.93. The zero-order valence-corrected chi connectivity index (χ0v) is 13.0. The van der Waals surface area contributed by atoms with E-state index in [1.165, 1.54) is 12.4 Å². The molecule has 1 unspecified atom stereocenters. The molecule has 120 valence electrons. The lowest BCUT2D eigenvalue weighted by atomic mass is 9.87. The fourth-order valence-corrected chi connectivity index (χ4v) is 2.81. The summed E-state index contributed by atoms with van der Waals surface area (Å²) in [5.41, 5.74) is 0.0640. The van der Waals surface area contributed by atoms with Crippen LogP contribution in [0.15, 0.2) is 18.5 Å². The lowest BCUT2D eigenvalue weighted by molar-refractivity contribution is -0.123. The van der Waals surface area contributed by atoms with Gasteiger partial charge in [-0.15, -0.1) is 0 Å². The molecule has 0 saturated carbocycles. The fraction of sp³-hybridized carbons (Fsp3) is 0.600. The van der Waals surface area contributed by atoms with E-state index in [1.807, 2.05) is 0 Å². The van der Waals surface area contributed by atoms with E-state index >= 15 is 0 Å². The second kappa shape index (κ2) is 7.31. The molecule has 1 aromatic rings. The largest absolute Gasteiger partial charge is 0.376 e. The smallest absolute Gasteiger partial charge is 0.255 e. The molecule has 7 heteroatoms. The number of hydrogen-bond acceptors (Lipinski definition) is 5. The van der Waals surface area contributed by atoms with Gasteiger partial charge in [0.2, 0.25) is 5.91 Å². The quantitative estimate of drug-likeness (QED) is 0.862. The van der Waals surface area contributed by atoms with E-state index in [1.54, 1.807) is 25.1 Å². The highest BCUT2D eigenvalue weighted by Crippen LogP contribution is 2.30. The molecule has 2 heterocycles. The number of nitrogens with zero attached hydrogens (tertiary/aromatic N) is 3. The molecule has 0 spiro atoms. The maximum Gasteiger partial charge on any atom is 0.255 e. The minimum absolute atomic E-state index is 0.0155. The molecule has 22 heavy (non-hydrogen) atoms. The summed E-state index contributed by atoms with van der Waals surface area (Å²) in [5.74, 6) is -0.0887. The molecule has 2 amide bonds. The number of carbonyl (C=O) groups is 2. The number of hydrogen-bond donors (Lipinski definition) is 1. The molecule has 1 aliphatic rings. The molecular formula is C15H22N4O3. The van der Waals surface area contributed by atoms with Crippen molar-refractivity contribution in [2.45, 2.75) is 31.3 Å². The first-order valence-corrected chi connectivity index (χ1v) is 7.42. The van der Waals surface area contributed by atoms with Gasteiger partial charge in [0.05, 0.1) is 23.6 Å². The standard InChI is InChI=1S/C15H22N4O3/c1-16-13(20)4-7-15(22-2)6-3-9-19(11-15)14(21)12-5-8-17-18-10-12/h5,8,10H,3-4,6-7,9,11H2,1-2H3,(H,16,20). The Labute approximate surface area is 130 Å². The predicted octanol–water partition coefficient (Wildman–Crippen LogP) is 0.624. The van der Waals surface area contributed by atoms with E-state index in [0.29, 0.717) is 31.5 Å². The number of piperidine rings is 1. The first kappa shape index (κ1) is 16.4. The number of ether oxygens (including phenoxy) is 1. The highest BCUT2D eigenvalue weighted by Gasteiger charge is 2.37. The predicted molar refractivity (Wildman–Crippen MR) is 80.2 cm³/mol. The van der Waals surface area contributed by atoms with Gasteiger partial charge in [-0.25, -0.2) is 0 Å². The SMILES string of the molecule is CNC(=O)CCC1(OC)CCCN(C(=O)c2ccnnc2)C1. The first-order valence-electron chi connectivity index (χ1n) is 7.42. The number of methoxy groups -OCH3 is 1. The van der Waals surface area contributed by atoms with Crippen molar-refractivity contribution >= 4 is 11.8 Å². The number of rotatable bonds is 5. The van der Waals surface area contributed by atoms with Crippen molar-refractivity contribution in [3.63, 3.8) is 0 Å². The average molecular weight is 306 g/mol. The molecule has 0 aromatic carbocycles. The molecule has 1 fully saturated rings. The zero-order chi connectivity index (χ0) is 16.0. The van der Waals surface area contributed by atoms with Crippen LogP contribution in [0.1, 0.15) is 36.0 Å². The second-order valence-electron chi connectivity index (χ2n) is 5.52. The van der Waals surface area contributed by atoms with Crippen LogP contribution in [-0.2, 0) is 9.53 Å². The summed E-state index contributed by atoms with van der Waals surface area (Å²) < 4.78 is 5.69. The average Bonchev–Trinajstić information content (AvgIpc) is 2.60. The van der Waals surface area contributed by atoms with Crippen molar-refractivity contribution in [3.05, 3.63) is 24.0 Å². The second-order valence-corrected chi connectivity index (χ2v) is 5.52. The van der Waals surface area contributed by atoms with Crippen LogP contribution >= 0.6 is 0 Å². The van der Waals surface area contributed by atoms with Crippen molar-refractivity contribution in [1.82, 2.24) is 20.4 Å². The summed E-state index contributed by atoms with van der Waals surface area (Å²) in [6.45, 7) is 1.17. The third kappa shape index (κ3) is 3.79. The van der Waals surface area contributed by atoms with Crippen LogP contribution in [0.5, 0.6) is 0 Å². The molecule has 0 aliphatic carbocycles. The van der Waals surface area contributed by atoms with Crippen molar-refractivity contribution in [2.75, 3.05) is 27.2 Å². The molecule has 1 aromatic heterocycles. The summed E-state index contributed by atoms with van der Waals surface area (Å²) in [5, 5.41) is 10.0. The maximum atomic E-state index is 12.5. The summed E-state index contributed by atoms with van der Waals surface area (Å²) >= 11 is 0. The molecule has 7 nitrogen and oxygen atoms in total. The Bertz CT molecular complexity index is 523. The molecular weight excluding hydrogens is 284 g/mol. The van der Waals surface area contributed by atoms with Gasteiger partial charge in [0.25, 0.3) is 5.91 Å². The van der Waals surface area contributed by atoms with Gasteiger partial charge in [-0.05, 0) is 25.3 Å². The van der Waals surface area contributed by atoms with Crippen LogP contribution in [0.2, 0.25) is 0 Å². The van der Waals surface area contributed by atoms with E-state index in [9.17, 15) is 9.59 Å². The Morgan fingerprint density at radius 3 is 2.91 bits per heavy atom. The van der Waals surface area contributed by atoms with Gasteiger partial charge in [-0.2, -0.15) is 10.2 Å². The van der Waals surface area contributed by atoms with E-state index in [0.717, 1.165) is 12.8 Å². The Kier molecular flexibility index (Phi) is 5.43. The Morgan fingerprint density at radius 2 is 2.27 bits per heavy atom. The molecule has 0 radical (unpaired) electrons. The van der Waals surface area contributed by atoms with Gasteiger partial charge in [0.15, 0.2) is 0 Å². The number of carbonyl (C=O) groups excluding carboxylic acids is 2. The molecule has 1 saturated heterocycles.